The van der Waals surface area contributed by atoms with Crippen LogP contribution in [0.1, 0.15) is 18.0 Å². The number of hydrogen-bond acceptors (Lipinski definition) is 5. The number of para-hydroxylation sites is 1. The second-order valence-corrected chi connectivity index (χ2v) is 6.07. The molecule has 0 bridgehead atoms. The van der Waals surface area contributed by atoms with Gasteiger partial charge in [-0.2, -0.15) is 4.68 Å². The molecule has 2 heterocycles. The van der Waals surface area contributed by atoms with Gasteiger partial charge in [-0.25, -0.2) is 4.98 Å². The summed E-state index contributed by atoms with van der Waals surface area (Å²) >= 11 is 7.68. The number of nitrogens with zero attached hydrogens (tertiary/aromatic N) is 5. The summed E-state index contributed by atoms with van der Waals surface area (Å²) in [5.74, 6) is 0.757. The minimum absolute atomic E-state index is 0.0209. The van der Waals surface area contributed by atoms with Crippen molar-refractivity contribution in [1.82, 2.24) is 25.2 Å². The lowest BCUT2D eigenvalue weighted by Gasteiger charge is -2.11. The van der Waals surface area contributed by atoms with E-state index < -0.39 is 0 Å². The molecule has 3 aromatic rings. The monoisotopic (exact) mass is 317 g/mol. The zero-order valence-electron chi connectivity index (χ0n) is 11.2. The largest absolute Gasteiger partial charge is 0.248 e. The number of benzene rings is 1. The number of thioether (sulfide) groups is 1. The molecule has 106 valence electrons. The number of halogens is 1. The molecule has 3 rings (SSSR count). The van der Waals surface area contributed by atoms with E-state index in [2.05, 4.69) is 20.5 Å². The zero-order chi connectivity index (χ0) is 14.7. The van der Waals surface area contributed by atoms with Gasteiger partial charge >= 0.3 is 0 Å². The molecule has 21 heavy (non-hydrogen) atoms. The van der Waals surface area contributed by atoms with Gasteiger partial charge in [-0.05, 0) is 41.6 Å². The predicted octanol–water partition coefficient (Wildman–Crippen LogP) is 3.56. The van der Waals surface area contributed by atoms with Gasteiger partial charge in [0.2, 0.25) is 0 Å². The third-order valence-electron chi connectivity index (χ3n) is 2.87. The van der Waals surface area contributed by atoms with Crippen LogP contribution in [0.15, 0.2) is 53.7 Å². The number of hydrogen-bond donors (Lipinski definition) is 0. The van der Waals surface area contributed by atoms with Crippen LogP contribution in [0, 0.1) is 0 Å². The summed E-state index contributed by atoms with van der Waals surface area (Å²) in [5.41, 5.74) is 0.928. The van der Waals surface area contributed by atoms with Gasteiger partial charge in [-0.15, -0.1) is 5.10 Å². The summed E-state index contributed by atoms with van der Waals surface area (Å²) in [6.07, 6.45) is 1.72. The predicted molar refractivity (Wildman–Crippen MR) is 82.7 cm³/mol. The number of rotatable bonds is 4. The molecule has 0 saturated carbocycles. The molecule has 0 unspecified atom stereocenters. The smallest absolute Gasteiger partial charge is 0.169 e. The average molecular weight is 318 g/mol. The van der Waals surface area contributed by atoms with E-state index in [4.69, 9.17) is 11.6 Å². The summed E-state index contributed by atoms with van der Waals surface area (Å²) in [7, 11) is 0. The van der Waals surface area contributed by atoms with Crippen LogP contribution >= 0.6 is 23.4 Å². The van der Waals surface area contributed by atoms with Gasteiger partial charge in [0, 0.05) is 6.20 Å². The Hall–Kier alpha value is -1.92. The van der Waals surface area contributed by atoms with Gasteiger partial charge in [0.25, 0.3) is 0 Å². The van der Waals surface area contributed by atoms with Crippen molar-refractivity contribution in [2.24, 2.45) is 0 Å². The van der Waals surface area contributed by atoms with E-state index in [-0.39, 0.29) is 5.25 Å². The van der Waals surface area contributed by atoms with E-state index in [1.807, 2.05) is 49.4 Å². The quantitative estimate of drug-likeness (QED) is 0.689. The lowest BCUT2D eigenvalue weighted by molar-refractivity contribution is 0.762. The van der Waals surface area contributed by atoms with Crippen LogP contribution in [0.5, 0.6) is 0 Å². The Morgan fingerprint density at radius 2 is 1.95 bits per heavy atom. The van der Waals surface area contributed by atoms with Crippen LogP contribution in [0.4, 0.5) is 0 Å². The van der Waals surface area contributed by atoms with Crippen molar-refractivity contribution in [2.45, 2.75) is 17.2 Å². The Bertz CT molecular complexity index is 731. The molecule has 0 spiro atoms. The fraction of sp³-hybridized carbons (Fsp3) is 0.143. The van der Waals surface area contributed by atoms with Crippen LogP contribution in [0.3, 0.4) is 0 Å². The molecule has 1 atom stereocenters. The summed E-state index contributed by atoms with van der Waals surface area (Å²) < 4.78 is 1.73. The Morgan fingerprint density at radius 1 is 1.14 bits per heavy atom. The minimum atomic E-state index is 0.0209. The Balaban J connectivity index is 1.88. The summed E-state index contributed by atoms with van der Waals surface area (Å²) in [4.78, 5) is 4.28. The van der Waals surface area contributed by atoms with E-state index in [0.29, 0.717) is 5.02 Å². The fourth-order valence-electron chi connectivity index (χ4n) is 1.88. The standard InChI is InChI=1S/C14H12ClN5S/c1-10(21-14-12(15)8-5-9-16-14)13-17-18-19-20(13)11-6-3-2-4-7-11/h2-10H,1H3/t10-/m1/s1. The van der Waals surface area contributed by atoms with Crippen LogP contribution in [-0.4, -0.2) is 25.2 Å². The first-order chi connectivity index (χ1) is 10.3. The van der Waals surface area contributed by atoms with Crippen molar-refractivity contribution >= 4 is 23.4 Å². The first-order valence-electron chi connectivity index (χ1n) is 6.36. The summed E-state index contributed by atoms with van der Waals surface area (Å²) in [5, 5.41) is 13.4. The zero-order valence-corrected chi connectivity index (χ0v) is 12.8. The molecular weight excluding hydrogens is 306 g/mol. The highest BCUT2D eigenvalue weighted by Gasteiger charge is 2.18. The molecule has 0 fully saturated rings. The van der Waals surface area contributed by atoms with Crippen molar-refractivity contribution in [1.29, 1.82) is 0 Å². The maximum Gasteiger partial charge on any atom is 0.169 e. The normalized spacial score (nSPS) is 12.3. The Morgan fingerprint density at radius 3 is 2.71 bits per heavy atom. The number of tetrazole rings is 1. The highest BCUT2D eigenvalue weighted by atomic mass is 35.5. The summed E-state index contributed by atoms with van der Waals surface area (Å²) in [6.45, 7) is 2.03. The molecule has 0 radical (unpaired) electrons. The SMILES string of the molecule is C[C@@H](Sc1ncccc1Cl)c1nnnn1-c1ccccc1. The molecule has 0 aliphatic carbocycles. The van der Waals surface area contributed by atoms with Crippen molar-refractivity contribution < 1.29 is 0 Å². The average Bonchev–Trinajstić information content (AvgIpc) is 3.00. The molecule has 0 aliphatic heterocycles. The second-order valence-electron chi connectivity index (χ2n) is 4.33. The molecule has 7 heteroatoms. The van der Waals surface area contributed by atoms with E-state index in [1.165, 1.54) is 11.8 Å². The van der Waals surface area contributed by atoms with Gasteiger partial charge in [0.05, 0.1) is 16.0 Å². The van der Waals surface area contributed by atoms with E-state index in [1.54, 1.807) is 10.9 Å². The highest BCUT2D eigenvalue weighted by molar-refractivity contribution is 7.99. The second kappa shape index (κ2) is 6.24. The lowest BCUT2D eigenvalue weighted by Crippen LogP contribution is -2.05. The van der Waals surface area contributed by atoms with Crippen molar-refractivity contribution in [3.05, 3.63) is 59.5 Å². The van der Waals surface area contributed by atoms with Gasteiger partial charge < -0.3 is 0 Å². The van der Waals surface area contributed by atoms with Crippen LogP contribution in [0.25, 0.3) is 5.69 Å². The minimum Gasteiger partial charge on any atom is -0.248 e. The third kappa shape index (κ3) is 3.06. The Kier molecular flexibility index (Phi) is 4.17. The molecular formula is C14H12ClN5S. The van der Waals surface area contributed by atoms with E-state index in [0.717, 1.165) is 16.5 Å². The molecule has 0 saturated heterocycles. The molecule has 0 aliphatic rings. The maximum atomic E-state index is 6.14. The number of aromatic nitrogens is 5. The fourth-order valence-corrected chi connectivity index (χ4v) is 3.02. The highest BCUT2D eigenvalue weighted by Crippen LogP contribution is 2.36. The van der Waals surface area contributed by atoms with Crippen LogP contribution < -0.4 is 0 Å². The molecule has 1 aromatic carbocycles. The van der Waals surface area contributed by atoms with Crippen LogP contribution in [0.2, 0.25) is 5.02 Å². The first kappa shape index (κ1) is 14.0. The van der Waals surface area contributed by atoms with E-state index >= 15 is 0 Å². The topological polar surface area (TPSA) is 56.5 Å². The Labute approximate surface area is 131 Å². The summed E-state index contributed by atoms with van der Waals surface area (Å²) in [6, 6.07) is 13.4. The van der Waals surface area contributed by atoms with Crippen molar-refractivity contribution in [3.63, 3.8) is 0 Å². The lowest BCUT2D eigenvalue weighted by atomic mass is 10.3. The molecule has 0 N–H and O–H groups in total. The number of pyridine rings is 1. The third-order valence-corrected chi connectivity index (χ3v) is 4.40. The molecule has 2 aromatic heterocycles. The first-order valence-corrected chi connectivity index (χ1v) is 7.62. The maximum absolute atomic E-state index is 6.14. The van der Waals surface area contributed by atoms with E-state index in [9.17, 15) is 0 Å². The molecule has 0 amide bonds. The van der Waals surface area contributed by atoms with Crippen LogP contribution in [-0.2, 0) is 0 Å². The van der Waals surface area contributed by atoms with Crippen molar-refractivity contribution in [2.75, 3.05) is 0 Å². The molecule has 5 nitrogen and oxygen atoms in total. The van der Waals surface area contributed by atoms with Gasteiger partial charge in [0.1, 0.15) is 5.03 Å². The van der Waals surface area contributed by atoms with Gasteiger partial charge in [-0.1, -0.05) is 41.6 Å². The van der Waals surface area contributed by atoms with Crippen molar-refractivity contribution in [3.8, 4) is 5.69 Å². The van der Waals surface area contributed by atoms with Gasteiger partial charge in [-0.3, -0.25) is 0 Å². The van der Waals surface area contributed by atoms with Gasteiger partial charge in [0.15, 0.2) is 5.82 Å².